The fraction of sp³-hybridized carbons (Fsp3) is 0.200. The maximum atomic E-state index is 13.4. The highest BCUT2D eigenvalue weighted by atomic mass is 19.4. The molecule has 2 amide bonds. The van der Waals surface area contributed by atoms with Gasteiger partial charge in [0.2, 0.25) is 0 Å². The summed E-state index contributed by atoms with van der Waals surface area (Å²) >= 11 is 0. The topological polar surface area (TPSA) is 50.2 Å². The van der Waals surface area contributed by atoms with Gasteiger partial charge < -0.3 is 10.2 Å². The smallest absolute Gasteiger partial charge is 0.320 e. The number of alkyl halides is 3. The molecule has 0 aliphatic carbocycles. The number of nitrogens with one attached hydrogen (secondary N) is 1. The summed E-state index contributed by atoms with van der Waals surface area (Å²) in [5.41, 5.74) is -0.0698. The molecule has 3 aromatic rings. The largest absolute Gasteiger partial charge is 0.416 e. The number of carbonyl (C=O) groups is 1. The highest BCUT2D eigenvalue weighted by Crippen LogP contribution is 2.33. The Balaban J connectivity index is 1.89. The summed E-state index contributed by atoms with van der Waals surface area (Å²) in [6, 6.07) is 9.83. The zero-order valence-electron chi connectivity index (χ0n) is 15.4. The predicted molar refractivity (Wildman–Crippen MR) is 100 cm³/mol. The first kappa shape index (κ1) is 20.4. The van der Waals surface area contributed by atoms with Crippen molar-refractivity contribution in [3.05, 3.63) is 77.9 Å². The lowest BCUT2D eigenvalue weighted by molar-refractivity contribution is -0.137. The molecule has 3 rings (SSSR count). The third-order valence-corrected chi connectivity index (χ3v) is 4.25. The van der Waals surface area contributed by atoms with Crippen LogP contribution in [0.3, 0.4) is 0 Å². The van der Waals surface area contributed by atoms with Gasteiger partial charge in [-0.1, -0.05) is 12.1 Å². The minimum Gasteiger partial charge on any atom is -0.320 e. The Labute approximate surface area is 164 Å². The van der Waals surface area contributed by atoms with Crippen molar-refractivity contribution >= 4 is 11.7 Å². The summed E-state index contributed by atoms with van der Waals surface area (Å²) in [5, 5.41) is 6.55. The van der Waals surface area contributed by atoms with Crippen LogP contribution in [0.2, 0.25) is 0 Å². The Bertz CT molecular complexity index is 986. The van der Waals surface area contributed by atoms with Crippen molar-refractivity contribution < 1.29 is 22.4 Å². The number of hydrogen-bond acceptors (Lipinski definition) is 2. The van der Waals surface area contributed by atoms with E-state index in [0.717, 1.165) is 12.1 Å². The Morgan fingerprint density at radius 3 is 2.59 bits per heavy atom. The molecule has 29 heavy (non-hydrogen) atoms. The van der Waals surface area contributed by atoms with E-state index in [9.17, 15) is 22.4 Å². The van der Waals surface area contributed by atoms with Crippen molar-refractivity contribution in [3.8, 4) is 5.69 Å². The van der Waals surface area contributed by atoms with Gasteiger partial charge in [-0.15, -0.1) is 0 Å². The van der Waals surface area contributed by atoms with E-state index < -0.39 is 23.6 Å². The van der Waals surface area contributed by atoms with E-state index in [4.69, 9.17) is 0 Å². The zero-order valence-corrected chi connectivity index (χ0v) is 15.4. The summed E-state index contributed by atoms with van der Waals surface area (Å²) in [6.07, 6.45) is -1.53. The second-order valence-corrected chi connectivity index (χ2v) is 6.25. The quantitative estimate of drug-likeness (QED) is 0.601. The van der Waals surface area contributed by atoms with Crippen molar-refractivity contribution in [2.45, 2.75) is 19.6 Å². The number of nitrogens with zero attached hydrogens (tertiary/aromatic N) is 3. The van der Waals surface area contributed by atoms with Gasteiger partial charge in [-0.25, -0.2) is 13.9 Å². The molecule has 9 heteroatoms. The molecule has 1 N–H and O–H groups in total. The molecule has 0 bridgehead atoms. The Morgan fingerprint density at radius 1 is 1.17 bits per heavy atom. The molecule has 152 valence electrons. The van der Waals surface area contributed by atoms with Crippen LogP contribution in [0.4, 0.5) is 28.0 Å². The molecule has 1 aromatic heterocycles. The normalized spacial score (nSPS) is 11.3. The standard InChI is InChI=1S/C20H18F4N4O/c1-2-27(13-14-5-3-6-16(21)11-14)19(29)26-17-12-15(20(22,23)24)7-8-18(17)28-10-4-9-25-28/h3-12H,2,13H2,1H3,(H,26,29). The van der Waals surface area contributed by atoms with Crippen LogP contribution in [-0.4, -0.2) is 27.3 Å². The average molecular weight is 406 g/mol. The van der Waals surface area contributed by atoms with Gasteiger partial charge in [0, 0.05) is 25.5 Å². The predicted octanol–water partition coefficient (Wildman–Crippen LogP) is 5.08. The van der Waals surface area contributed by atoms with Gasteiger partial charge in [0.05, 0.1) is 16.9 Å². The third kappa shape index (κ3) is 4.92. The van der Waals surface area contributed by atoms with E-state index in [-0.39, 0.29) is 24.5 Å². The second-order valence-electron chi connectivity index (χ2n) is 6.25. The number of carbonyl (C=O) groups excluding carboxylic acids is 1. The van der Waals surface area contributed by atoms with E-state index in [0.29, 0.717) is 5.56 Å². The van der Waals surface area contributed by atoms with E-state index in [1.807, 2.05) is 0 Å². The van der Waals surface area contributed by atoms with E-state index >= 15 is 0 Å². The SMILES string of the molecule is CCN(Cc1cccc(F)c1)C(=O)Nc1cc(C(F)(F)F)ccc1-n1cccn1. The van der Waals surface area contributed by atoms with Gasteiger partial charge in [-0.05, 0) is 48.9 Å². The molecule has 0 spiro atoms. The van der Waals surface area contributed by atoms with Gasteiger partial charge in [-0.2, -0.15) is 18.3 Å². The van der Waals surface area contributed by atoms with Crippen LogP contribution in [0, 0.1) is 5.82 Å². The molecule has 0 aliphatic heterocycles. The molecule has 0 atom stereocenters. The molecule has 1 heterocycles. The molecule has 0 radical (unpaired) electrons. The molecule has 0 unspecified atom stereocenters. The summed E-state index contributed by atoms with van der Waals surface area (Å²) in [4.78, 5) is 14.1. The molecule has 0 saturated heterocycles. The number of hydrogen-bond donors (Lipinski definition) is 1. The fourth-order valence-corrected chi connectivity index (χ4v) is 2.80. The number of benzene rings is 2. The molecule has 0 saturated carbocycles. The molecular weight excluding hydrogens is 388 g/mol. The van der Waals surface area contributed by atoms with Gasteiger partial charge in [-0.3, -0.25) is 0 Å². The minimum atomic E-state index is -4.56. The molecule has 0 aliphatic rings. The van der Waals surface area contributed by atoms with Crippen LogP contribution in [0.25, 0.3) is 5.69 Å². The van der Waals surface area contributed by atoms with Crippen molar-refractivity contribution in [3.63, 3.8) is 0 Å². The summed E-state index contributed by atoms with van der Waals surface area (Å²) in [5.74, 6) is -0.433. The number of anilines is 1. The van der Waals surface area contributed by atoms with E-state index in [1.54, 1.807) is 25.3 Å². The fourth-order valence-electron chi connectivity index (χ4n) is 2.80. The number of aromatic nitrogens is 2. The monoisotopic (exact) mass is 406 g/mol. The first-order valence-electron chi connectivity index (χ1n) is 8.79. The van der Waals surface area contributed by atoms with Crippen molar-refractivity contribution in [1.82, 2.24) is 14.7 Å². The molecule has 5 nitrogen and oxygen atoms in total. The van der Waals surface area contributed by atoms with Crippen molar-refractivity contribution in [1.29, 1.82) is 0 Å². The average Bonchev–Trinajstić information content (AvgIpc) is 3.20. The van der Waals surface area contributed by atoms with Gasteiger partial charge in [0.1, 0.15) is 5.82 Å². The maximum Gasteiger partial charge on any atom is 0.416 e. The second kappa shape index (κ2) is 8.34. The zero-order chi connectivity index (χ0) is 21.0. The van der Waals surface area contributed by atoms with Crippen molar-refractivity contribution in [2.24, 2.45) is 0 Å². The van der Waals surface area contributed by atoms with Crippen molar-refractivity contribution in [2.75, 3.05) is 11.9 Å². The third-order valence-electron chi connectivity index (χ3n) is 4.25. The number of halogens is 4. The number of amides is 2. The van der Waals surface area contributed by atoms with Gasteiger partial charge in [0.25, 0.3) is 0 Å². The van der Waals surface area contributed by atoms with Crippen LogP contribution >= 0.6 is 0 Å². The summed E-state index contributed by atoms with van der Waals surface area (Å²) in [6.45, 7) is 2.11. The van der Waals surface area contributed by atoms with Gasteiger partial charge >= 0.3 is 12.2 Å². The van der Waals surface area contributed by atoms with Crippen LogP contribution in [0.15, 0.2) is 60.9 Å². The summed E-state index contributed by atoms with van der Waals surface area (Å²) in [7, 11) is 0. The van der Waals surface area contributed by atoms with Crippen LogP contribution in [-0.2, 0) is 12.7 Å². The van der Waals surface area contributed by atoms with Crippen LogP contribution in [0.1, 0.15) is 18.1 Å². The Morgan fingerprint density at radius 2 is 1.97 bits per heavy atom. The highest BCUT2D eigenvalue weighted by molar-refractivity contribution is 5.91. The molecule has 2 aromatic carbocycles. The lowest BCUT2D eigenvalue weighted by Crippen LogP contribution is -2.34. The number of urea groups is 1. The minimum absolute atomic E-state index is 0.0359. The first-order valence-corrected chi connectivity index (χ1v) is 8.79. The Kier molecular flexibility index (Phi) is 5.86. The van der Waals surface area contributed by atoms with E-state index in [2.05, 4.69) is 10.4 Å². The Hall–Kier alpha value is -3.36. The lowest BCUT2D eigenvalue weighted by atomic mass is 10.1. The summed E-state index contributed by atoms with van der Waals surface area (Å²) < 4.78 is 54.2. The first-order chi connectivity index (χ1) is 13.8. The number of rotatable bonds is 5. The van der Waals surface area contributed by atoms with Crippen LogP contribution in [0.5, 0.6) is 0 Å². The van der Waals surface area contributed by atoms with E-state index in [1.165, 1.54) is 40.0 Å². The molecular formula is C20H18F4N4O. The highest BCUT2D eigenvalue weighted by Gasteiger charge is 2.31. The maximum absolute atomic E-state index is 13.4. The van der Waals surface area contributed by atoms with Gasteiger partial charge in [0.15, 0.2) is 0 Å². The van der Waals surface area contributed by atoms with Crippen LogP contribution < -0.4 is 5.32 Å². The molecule has 0 fully saturated rings. The lowest BCUT2D eigenvalue weighted by Gasteiger charge is -2.23.